The fourth-order valence-electron chi connectivity index (χ4n) is 1.66. The van der Waals surface area contributed by atoms with Crippen LogP contribution in [0.15, 0.2) is 29.2 Å². The van der Waals surface area contributed by atoms with Crippen molar-refractivity contribution in [2.24, 2.45) is 0 Å². The molecule has 2 atom stereocenters. The molecule has 0 saturated carbocycles. The van der Waals surface area contributed by atoms with Crippen LogP contribution in [0.3, 0.4) is 0 Å². The summed E-state index contributed by atoms with van der Waals surface area (Å²) in [6.45, 7) is 7.43. The summed E-state index contributed by atoms with van der Waals surface area (Å²) < 4.78 is 0. The van der Waals surface area contributed by atoms with Gasteiger partial charge in [0.1, 0.15) is 0 Å². The molecule has 0 aromatic heterocycles. The van der Waals surface area contributed by atoms with Crippen molar-refractivity contribution in [3.63, 3.8) is 0 Å². The summed E-state index contributed by atoms with van der Waals surface area (Å²) in [7, 11) is 0. The molecule has 0 aliphatic rings. The average Bonchev–Trinajstić information content (AvgIpc) is 2.42. The van der Waals surface area contributed by atoms with E-state index in [1.807, 2.05) is 6.92 Å². The normalized spacial score (nSPS) is 14.4. The standard InChI is InChI=1S/C15H25NOS/c1-4-9-16-12(3)13-7-6-8-15(10-13)18-11-14(17)5-2/h6-8,10,12,14,16-17H,4-5,9,11H2,1-3H3. The number of benzene rings is 1. The van der Waals surface area contributed by atoms with Crippen LogP contribution in [-0.4, -0.2) is 23.5 Å². The summed E-state index contributed by atoms with van der Waals surface area (Å²) >= 11 is 1.73. The van der Waals surface area contributed by atoms with Crippen molar-refractivity contribution in [3.05, 3.63) is 29.8 Å². The van der Waals surface area contributed by atoms with Crippen molar-refractivity contribution in [2.75, 3.05) is 12.3 Å². The first-order valence-corrected chi connectivity index (χ1v) is 7.80. The molecule has 2 nitrogen and oxygen atoms in total. The molecule has 0 aliphatic carbocycles. The van der Waals surface area contributed by atoms with Crippen LogP contribution in [0.25, 0.3) is 0 Å². The molecule has 2 unspecified atom stereocenters. The monoisotopic (exact) mass is 267 g/mol. The van der Waals surface area contributed by atoms with Gasteiger partial charge in [-0.2, -0.15) is 0 Å². The van der Waals surface area contributed by atoms with Gasteiger partial charge in [-0.05, 0) is 44.0 Å². The highest BCUT2D eigenvalue weighted by molar-refractivity contribution is 7.99. The Morgan fingerprint density at radius 3 is 2.78 bits per heavy atom. The van der Waals surface area contributed by atoms with E-state index in [4.69, 9.17) is 0 Å². The summed E-state index contributed by atoms with van der Waals surface area (Å²) in [6.07, 6.45) is 1.78. The molecular weight excluding hydrogens is 242 g/mol. The fraction of sp³-hybridized carbons (Fsp3) is 0.600. The molecular formula is C15H25NOS. The number of nitrogens with one attached hydrogen (secondary N) is 1. The van der Waals surface area contributed by atoms with E-state index in [1.54, 1.807) is 11.8 Å². The van der Waals surface area contributed by atoms with Gasteiger partial charge in [-0.15, -0.1) is 11.8 Å². The third kappa shape index (κ3) is 5.42. The van der Waals surface area contributed by atoms with Gasteiger partial charge in [0.2, 0.25) is 0 Å². The van der Waals surface area contributed by atoms with E-state index in [0.29, 0.717) is 6.04 Å². The van der Waals surface area contributed by atoms with Crippen LogP contribution in [0, 0.1) is 0 Å². The van der Waals surface area contributed by atoms with E-state index in [9.17, 15) is 5.11 Å². The minimum absolute atomic E-state index is 0.200. The Morgan fingerprint density at radius 2 is 2.11 bits per heavy atom. The maximum absolute atomic E-state index is 9.58. The number of aliphatic hydroxyl groups is 1. The second-order valence-corrected chi connectivity index (χ2v) is 5.71. The predicted molar refractivity (Wildman–Crippen MR) is 80.2 cm³/mol. The maximum atomic E-state index is 9.58. The largest absolute Gasteiger partial charge is 0.392 e. The summed E-state index contributed by atoms with van der Waals surface area (Å²) in [5, 5.41) is 13.1. The molecule has 0 saturated heterocycles. The lowest BCUT2D eigenvalue weighted by Crippen LogP contribution is -2.19. The van der Waals surface area contributed by atoms with Gasteiger partial charge < -0.3 is 10.4 Å². The molecule has 0 bridgehead atoms. The molecule has 1 rings (SSSR count). The van der Waals surface area contributed by atoms with E-state index in [0.717, 1.165) is 25.1 Å². The van der Waals surface area contributed by atoms with Gasteiger partial charge in [-0.3, -0.25) is 0 Å². The Hall–Kier alpha value is -0.510. The first kappa shape index (κ1) is 15.5. The van der Waals surface area contributed by atoms with Gasteiger partial charge in [-0.1, -0.05) is 26.0 Å². The van der Waals surface area contributed by atoms with Crippen LogP contribution in [0.4, 0.5) is 0 Å². The number of thioether (sulfide) groups is 1. The first-order chi connectivity index (χ1) is 8.67. The zero-order valence-electron chi connectivity index (χ0n) is 11.6. The van der Waals surface area contributed by atoms with Gasteiger partial charge in [0, 0.05) is 16.7 Å². The average molecular weight is 267 g/mol. The van der Waals surface area contributed by atoms with Gasteiger partial charge in [0.05, 0.1) is 6.10 Å². The lowest BCUT2D eigenvalue weighted by atomic mass is 10.1. The van der Waals surface area contributed by atoms with Crippen LogP contribution >= 0.6 is 11.8 Å². The van der Waals surface area contributed by atoms with Gasteiger partial charge >= 0.3 is 0 Å². The lowest BCUT2D eigenvalue weighted by Gasteiger charge is -2.15. The minimum atomic E-state index is -0.200. The quantitative estimate of drug-likeness (QED) is 0.706. The van der Waals surface area contributed by atoms with E-state index in [2.05, 4.69) is 43.4 Å². The smallest absolute Gasteiger partial charge is 0.0631 e. The number of aliphatic hydroxyl groups excluding tert-OH is 1. The lowest BCUT2D eigenvalue weighted by molar-refractivity contribution is 0.195. The van der Waals surface area contributed by atoms with Crippen molar-refractivity contribution in [2.45, 2.75) is 50.7 Å². The topological polar surface area (TPSA) is 32.3 Å². The molecule has 0 spiro atoms. The molecule has 1 aromatic carbocycles. The van der Waals surface area contributed by atoms with E-state index >= 15 is 0 Å². The summed E-state index contributed by atoms with van der Waals surface area (Å²) in [4.78, 5) is 1.24. The van der Waals surface area contributed by atoms with Gasteiger partial charge in [-0.25, -0.2) is 0 Å². The van der Waals surface area contributed by atoms with Gasteiger partial charge in [0.25, 0.3) is 0 Å². The van der Waals surface area contributed by atoms with E-state index in [1.165, 1.54) is 10.5 Å². The van der Waals surface area contributed by atoms with Crippen LogP contribution in [0.5, 0.6) is 0 Å². The first-order valence-electron chi connectivity index (χ1n) is 6.81. The van der Waals surface area contributed by atoms with Crippen molar-refractivity contribution >= 4 is 11.8 Å². The molecule has 102 valence electrons. The molecule has 0 fully saturated rings. The van der Waals surface area contributed by atoms with Crippen LogP contribution < -0.4 is 5.32 Å². The van der Waals surface area contributed by atoms with Crippen molar-refractivity contribution in [3.8, 4) is 0 Å². The third-order valence-electron chi connectivity index (χ3n) is 2.97. The molecule has 2 N–H and O–H groups in total. The zero-order chi connectivity index (χ0) is 13.4. The van der Waals surface area contributed by atoms with Crippen molar-refractivity contribution in [1.29, 1.82) is 0 Å². The highest BCUT2D eigenvalue weighted by Crippen LogP contribution is 2.23. The molecule has 0 aliphatic heterocycles. The van der Waals surface area contributed by atoms with Crippen LogP contribution in [0.2, 0.25) is 0 Å². The second kappa shape index (κ2) is 8.57. The highest BCUT2D eigenvalue weighted by atomic mass is 32.2. The third-order valence-corrected chi connectivity index (χ3v) is 4.11. The van der Waals surface area contributed by atoms with Crippen LogP contribution in [-0.2, 0) is 0 Å². The molecule has 0 amide bonds. The maximum Gasteiger partial charge on any atom is 0.0631 e. The molecule has 1 aromatic rings. The summed E-state index contributed by atoms with van der Waals surface area (Å²) in [6, 6.07) is 8.98. The predicted octanol–water partition coefficient (Wildman–Crippen LogP) is 3.61. The molecule has 3 heteroatoms. The van der Waals surface area contributed by atoms with Crippen molar-refractivity contribution in [1.82, 2.24) is 5.32 Å². The number of rotatable bonds is 8. The zero-order valence-corrected chi connectivity index (χ0v) is 12.5. The van der Waals surface area contributed by atoms with E-state index < -0.39 is 0 Å². The van der Waals surface area contributed by atoms with Gasteiger partial charge in [0.15, 0.2) is 0 Å². The van der Waals surface area contributed by atoms with E-state index in [-0.39, 0.29) is 6.10 Å². The Balaban J connectivity index is 2.55. The Labute approximate surface area is 115 Å². The minimum Gasteiger partial charge on any atom is -0.392 e. The Kier molecular flexibility index (Phi) is 7.40. The molecule has 18 heavy (non-hydrogen) atoms. The SMILES string of the molecule is CCCNC(C)c1cccc(SCC(O)CC)c1. The van der Waals surface area contributed by atoms with Crippen LogP contribution in [0.1, 0.15) is 45.2 Å². The summed E-state index contributed by atoms with van der Waals surface area (Å²) in [5.41, 5.74) is 1.32. The molecule has 0 radical (unpaired) electrons. The Morgan fingerprint density at radius 1 is 1.33 bits per heavy atom. The van der Waals surface area contributed by atoms with Crippen molar-refractivity contribution < 1.29 is 5.11 Å². The highest BCUT2D eigenvalue weighted by Gasteiger charge is 2.06. The number of hydrogen-bond acceptors (Lipinski definition) is 3. The second-order valence-electron chi connectivity index (χ2n) is 4.62. The number of hydrogen-bond donors (Lipinski definition) is 2. The Bertz CT molecular complexity index is 343. The summed E-state index contributed by atoms with van der Waals surface area (Å²) in [5.74, 6) is 0.775. The molecule has 0 heterocycles. The fourth-order valence-corrected chi connectivity index (χ4v) is 2.68.